The lowest BCUT2D eigenvalue weighted by Gasteiger charge is -2.32. The van der Waals surface area contributed by atoms with Gasteiger partial charge in [-0.2, -0.15) is 0 Å². The predicted octanol–water partition coefficient (Wildman–Crippen LogP) is 3.52. The van der Waals surface area contributed by atoms with Crippen LogP contribution in [0.1, 0.15) is 64.7 Å². The largest absolute Gasteiger partial charge is 0.506 e. The Kier molecular flexibility index (Phi) is 6.65. The number of fused-ring (bicyclic) bond motifs is 1. The highest BCUT2D eigenvalue weighted by atomic mass is 16.5. The number of hydrogen-bond donors (Lipinski definition) is 4. The van der Waals surface area contributed by atoms with E-state index < -0.39 is 12.0 Å². The smallest absolute Gasteiger partial charge is 0.233 e. The lowest BCUT2D eigenvalue weighted by Crippen LogP contribution is -2.43. The molecule has 1 heterocycles. The number of nitrogens with one attached hydrogen (secondary N) is 2. The van der Waals surface area contributed by atoms with Gasteiger partial charge in [0.05, 0.1) is 24.0 Å². The Morgan fingerprint density at radius 3 is 2.67 bits per heavy atom. The van der Waals surface area contributed by atoms with E-state index >= 15 is 0 Å². The fraction of sp³-hybridized carbons (Fsp3) is 0.591. The SMILES string of the molecule is CC(C)(C)C(NC(=O)C(CC1CCCC1)CN(O)C=O)c1nc2c(O)cccc2[nH]1. The normalized spacial score (nSPS) is 17.1. The van der Waals surface area contributed by atoms with Crippen molar-refractivity contribution < 1.29 is 19.9 Å². The average molecular weight is 417 g/mol. The third-order valence-corrected chi connectivity index (χ3v) is 5.93. The zero-order valence-corrected chi connectivity index (χ0v) is 17.9. The van der Waals surface area contributed by atoms with E-state index in [1.807, 2.05) is 26.8 Å². The number of aromatic nitrogens is 2. The standard InChI is InChI=1S/C22H32N4O4/c1-22(2,3)19(20-23-16-9-6-10-17(28)18(16)24-20)25-21(29)15(12-26(30)13-27)11-14-7-4-5-8-14/h6,9-10,13-15,19,28,30H,4-5,7-8,11-12H2,1-3H3,(H,23,24)(H,25,29). The van der Waals surface area contributed by atoms with Crippen LogP contribution in [0.25, 0.3) is 11.0 Å². The van der Waals surface area contributed by atoms with E-state index in [0.717, 1.165) is 25.7 Å². The van der Waals surface area contributed by atoms with Gasteiger partial charge in [0.25, 0.3) is 0 Å². The van der Waals surface area contributed by atoms with E-state index in [1.54, 1.807) is 12.1 Å². The molecule has 0 radical (unpaired) electrons. The van der Waals surface area contributed by atoms with Gasteiger partial charge in [-0.1, -0.05) is 52.5 Å². The number of nitrogens with zero attached hydrogens (tertiary/aromatic N) is 2. The highest BCUT2D eigenvalue weighted by Gasteiger charge is 2.34. The summed E-state index contributed by atoms with van der Waals surface area (Å²) in [5.41, 5.74) is 0.792. The molecule has 0 aliphatic heterocycles. The van der Waals surface area contributed by atoms with Gasteiger partial charge in [-0.25, -0.2) is 10.0 Å². The number of carbonyl (C=O) groups is 2. The van der Waals surface area contributed by atoms with Gasteiger partial charge in [0.15, 0.2) is 0 Å². The summed E-state index contributed by atoms with van der Waals surface area (Å²) in [5, 5.41) is 23.5. The van der Waals surface area contributed by atoms with E-state index in [4.69, 9.17) is 0 Å². The first kappa shape index (κ1) is 22.1. The number of para-hydroxylation sites is 1. The lowest BCUT2D eigenvalue weighted by atomic mass is 9.85. The lowest BCUT2D eigenvalue weighted by molar-refractivity contribution is -0.155. The molecule has 2 amide bonds. The van der Waals surface area contributed by atoms with Crippen LogP contribution in [0, 0.1) is 17.3 Å². The first-order valence-electron chi connectivity index (χ1n) is 10.6. The van der Waals surface area contributed by atoms with E-state index in [0.29, 0.717) is 40.7 Å². The number of carbonyl (C=O) groups excluding carboxylic acids is 2. The Labute approximate surface area is 176 Å². The van der Waals surface area contributed by atoms with Gasteiger partial charge in [0.2, 0.25) is 12.3 Å². The number of phenols is 1. The van der Waals surface area contributed by atoms with Crippen LogP contribution in [0.4, 0.5) is 0 Å². The average Bonchev–Trinajstić information content (AvgIpc) is 3.34. The number of aromatic hydroxyl groups is 1. The van der Waals surface area contributed by atoms with Gasteiger partial charge in [-0.15, -0.1) is 0 Å². The van der Waals surface area contributed by atoms with Crippen LogP contribution in [0.5, 0.6) is 5.75 Å². The summed E-state index contributed by atoms with van der Waals surface area (Å²) in [6.45, 7) is 5.96. The van der Waals surface area contributed by atoms with Crippen LogP contribution in [-0.4, -0.2) is 44.2 Å². The molecule has 0 bridgehead atoms. The molecule has 30 heavy (non-hydrogen) atoms. The third kappa shape index (κ3) is 5.11. The maximum absolute atomic E-state index is 13.2. The molecule has 2 atom stereocenters. The number of aromatic amines is 1. The van der Waals surface area contributed by atoms with E-state index in [9.17, 15) is 19.9 Å². The third-order valence-electron chi connectivity index (χ3n) is 5.93. The summed E-state index contributed by atoms with van der Waals surface area (Å²) in [5.74, 6) is 0.341. The molecule has 4 N–H and O–H groups in total. The summed E-state index contributed by atoms with van der Waals surface area (Å²) < 4.78 is 0. The van der Waals surface area contributed by atoms with Gasteiger partial charge in [-0.05, 0) is 29.9 Å². The topological polar surface area (TPSA) is 119 Å². The number of amides is 2. The molecule has 1 aromatic heterocycles. The Morgan fingerprint density at radius 2 is 2.07 bits per heavy atom. The van der Waals surface area contributed by atoms with Crippen LogP contribution in [0.15, 0.2) is 18.2 Å². The highest BCUT2D eigenvalue weighted by Crippen LogP contribution is 2.35. The van der Waals surface area contributed by atoms with Crippen LogP contribution >= 0.6 is 0 Å². The van der Waals surface area contributed by atoms with Gasteiger partial charge in [0.1, 0.15) is 17.1 Å². The Balaban J connectivity index is 1.84. The second-order valence-electron chi connectivity index (χ2n) is 9.41. The molecule has 1 aliphatic rings. The fourth-order valence-corrected chi connectivity index (χ4v) is 4.31. The summed E-state index contributed by atoms with van der Waals surface area (Å²) in [6.07, 6.45) is 5.42. The van der Waals surface area contributed by atoms with Crippen LogP contribution in [0.2, 0.25) is 0 Å². The van der Waals surface area contributed by atoms with E-state index in [2.05, 4.69) is 15.3 Å². The molecule has 1 aromatic carbocycles. The van der Waals surface area contributed by atoms with Crippen molar-refractivity contribution in [1.29, 1.82) is 0 Å². The number of hydroxylamine groups is 2. The Bertz CT molecular complexity index is 883. The summed E-state index contributed by atoms with van der Waals surface area (Å²) >= 11 is 0. The van der Waals surface area contributed by atoms with E-state index in [1.165, 1.54) is 0 Å². The van der Waals surface area contributed by atoms with Crippen molar-refractivity contribution in [1.82, 2.24) is 20.3 Å². The zero-order chi connectivity index (χ0) is 21.9. The minimum absolute atomic E-state index is 0.0381. The summed E-state index contributed by atoms with van der Waals surface area (Å²) in [7, 11) is 0. The summed E-state index contributed by atoms with van der Waals surface area (Å²) in [6, 6.07) is 4.69. The monoisotopic (exact) mass is 416 g/mol. The van der Waals surface area contributed by atoms with Crippen molar-refractivity contribution in [3.8, 4) is 5.75 Å². The first-order valence-corrected chi connectivity index (χ1v) is 10.6. The van der Waals surface area contributed by atoms with Gasteiger partial charge >= 0.3 is 0 Å². The van der Waals surface area contributed by atoms with Gasteiger partial charge in [-0.3, -0.25) is 14.8 Å². The number of rotatable bonds is 8. The maximum atomic E-state index is 13.2. The molecule has 1 aliphatic carbocycles. The van der Waals surface area contributed by atoms with Gasteiger partial charge in [0, 0.05) is 0 Å². The van der Waals surface area contributed by atoms with Crippen molar-refractivity contribution in [2.24, 2.45) is 17.3 Å². The minimum atomic E-state index is -0.508. The highest BCUT2D eigenvalue weighted by molar-refractivity contribution is 5.82. The van der Waals surface area contributed by atoms with Crippen molar-refractivity contribution in [3.63, 3.8) is 0 Å². The van der Waals surface area contributed by atoms with Gasteiger partial charge < -0.3 is 15.4 Å². The molecular formula is C22H32N4O4. The van der Waals surface area contributed by atoms with Crippen molar-refractivity contribution in [3.05, 3.63) is 24.0 Å². The quantitative estimate of drug-likeness (QED) is 0.298. The van der Waals surface area contributed by atoms with Crippen LogP contribution in [0.3, 0.4) is 0 Å². The number of imidazole rings is 1. The maximum Gasteiger partial charge on any atom is 0.233 e. The molecule has 164 valence electrons. The molecule has 8 nitrogen and oxygen atoms in total. The molecular weight excluding hydrogens is 384 g/mol. The molecule has 0 saturated heterocycles. The number of benzene rings is 1. The molecule has 2 aromatic rings. The van der Waals surface area contributed by atoms with Crippen LogP contribution in [-0.2, 0) is 9.59 Å². The molecule has 1 saturated carbocycles. The van der Waals surface area contributed by atoms with Crippen molar-refractivity contribution in [2.75, 3.05) is 6.54 Å². The molecule has 1 fully saturated rings. The molecule has 8 heteroatoms. The van der Waals surface area contributed by atoms with Crippen molar-refractivity contribution >= 4 is 23.4 Å². The van der Waals surface area contributed by atoms with Crippen LogP contribution < -0.4 is 5.32 Å². The second-order valence-corrected chi connectivity index (χ2v) is 9.41. The van der Waals surface area contributed by atoms with Crippen molar-refractivity contribution in [2.45, 2.75) is 58.9 Å². The number of phenolic OH excluding ortho intramolecular Hbond substituents is 1. The Hall–Kier alpha value is -2.61. The van der Waals surface area contributed by atoms with E-state index in [-0.39, 0.29) is 23.6 Å². The minimum Gasteiger partial charge on any atom is -0.506 e. The fourth-order valence-electron chi connectivity index (χ4n) is 4.31. The molecule has 0 spiro atoms. The number of H-pyrrole nitrogens is 1. The summed E-state index contributed by atoms with van der Waals surface area (Å²) in [4.78, 5) is 31.9. The molecule has 2 unspecified atom stereocenters. The predicted molar refractivity (Wildman–Crippen MR) is 113 cm³/mol. The Morgan fingerprint density at radius 1 is 1.37 bits per heavy atom. The number of hydrogen-bond acceptors (Lipinski definition) is 5. The second kappa shape index (κ2) is 9.04. The first-order chi connectivity index (χ1) is 14.2. The zero-order valence-electron chi connectivity index (χ0n) is 17.9. The molecule has 3 rings (SSSR count).